The normalized spacial score (nSPS) is 18.8. The number of rotatable bonds is 11. The van der Waals surface area contributed by atoms with Crippen molar-refractivity contribution >= 4 is 52.1 Å². The topological polar surface area (TPSA) is 65.1 Å². The molecule has 2 amide bonds. The highest BCUT2D eigenvalue weighted by Gasteiger charge is 2.44. The third-order valence-electron chi connectivity index (χ3n) is 7.12. The quantitative estimate of drug-likeness (QED) is 0.364. The monoisotopic (exact) mass is 556 g/mol. The smallest absolute Gasteiger partial charge is 0.256 e. The van der Waals surface area contributed by atoms with Crippen LogP contribution < -0.4 is 15.0 Å². The number of ether oxygens (including phenoxy) is 1. The Labute approximate surface area is 236 Å². The molecule has 2 aromatic rings. The van der Waals surface area contributed by atoms with Crippen LogP contribution in [0.4, 0.5) is 11.4 Å². The third kappa shape index (κ3) is 7.24. The van der Waals surface area contributed by atoms with E-state index in [1.807, 2.05) is 23.1 Å². The van der Waals surface area contributed by atoms with Crippen LogP contribution >= 0.6 is 23.8 Å². The lowest BCUT2D eigenvalue weighted by molar-refractivity contribution is -0.124. The number of carbonyl (C=O) groups excluding carboxylic acids is 2. The highest BCUT2D eigenvalue weighted by atomic mass is 35.5. The maximum Gasteiger partial charge on any atom is 0.256 e. The molecule has 2 fully saturated rings. The fourth-order valence-corrected chi connectivity index (χ4v) is 5.53. The summed E-state index contributed by atoms with van der Waals surface area (Å²) in [5.41, 5.74) is 1.28. The zero-order chi connectivity index (χ0) is 27.1. The number of thiocarbonyl (C=S) groups is 1. The largest absolute Gasteiger partial charge is 0.494 e. The van der Waals surface area contributed by atoms with Gasteiger partial charge >= 0.3 is 0 Å². The lowest BCUT2D eigenvalue weighted by Gasteiger charge is -2.31. The molecule has 7 nitrogen and oxygen atoms in total. The van der Waals surface area contributed by atoms with Crippen molar-refractivity contribution in [2.24, 2.45) is 5.92 Å². The van der Waals surface area contributed by atoms with E-state index in [0.29, 0.717) is 34.7 Å². The van der Waals surface area contributed by atoms with Crippen LogP contribution in [0.3, 0.4) is 0 Å². The van der Waals surface area contributed by atoms with Gasteiger partial charge in [-0.05, 0) is 106 Å². The van der Waals surface area contributed by atoms with Crippen LogP contribution in [0.15, 0.2) is 48.5 Å². The molecule has 4 rings (SSSR count). The molecule has 2 aliphatic rings. The van der Waals surface area contributed by atoms with Crippen molar-refractivity contribution in [3.05, 3.63) is 53.6 Å². The molecule has 0 bridgehead atoms. The fourth-order valence-electron chi connectivity index (χ4n) is 4.93. The van der Waals surface area contributed by atoms with Crippen molar-refractivity contribution in [2.45, 2.75) is 52.0 Å². The number of hydrogen-bond acceptors (Lipinski definition) is 5. The number of halogens is 1. The van der Waals surface area contributed by atoms with E-state index in [9.17, 15) is 9.59 Å². The number of carbonyl (C=O) groups is 2. The summed E-state index contributed by atoms with van der Waals surface area (Å²) in [6.45, 7) is 8.76. The maximum absolute atomic E-state index is 13.6. The summed E-state index contributed by atoms with van der Waals surface area (Å²) in [5, 5.41) is 3.86. The van der Waals surface area contributed by atoms with E-state index in [1.165, 1.54) is 17.7 Å². The molecule has 204 valence electrons. The predicted octanol–water partition coefficient (Wildman–Crippen LogP) is 5.58. The van der Waals surface area contributed by atoms with Gasteiger partial charge in [0.05, 0.1) is 18.7 Å². The molecule has 2 aromatic carbocycles. The van der Waals surface area contributed by atoms with Crippen molar-refractivity contribution in [1.29, 1.82) is 0 Å². The van der Waals surface area contributed by atoms with Crippen molar-refractivity contribution in [2.75, 3.05) is 43.0 Å². The molecular weight excluding hydrogens is 520 g/mol. The summed E-state index contributed by atoms with van der Waals surface area (Å²) in [6, 6.07) is 13.7. The number of amides is 2. The molecule has 2 heterocycles. The van der Waals surface area contributed by atoms with Crippen LogP contribution in [-0.4, -0.2) is 65.6 Å². The molecule has 0 aliphatic carbocycles. The highest BCUT2D eigenvalue weighted by molar-refractivity contribution is 7.80. The molecule has 1 N–H and O–H groups in total. The molecule has 38 heavy (non-hydrogen) atoms. The van der Waals surface area contributed by atoms with Gasteiger partial charge in [0.2, 0.25) is 5.91 Å². The second-order valence-corrected chi connectivity index (χ2v) is 10.9. The summed E-state index contributed by atoms with van der Waals surface area (Å²) in [6.07, 6.45) is 4.24. The van der Waals surface area contributed by atoms with Crippen molar-refractivity contribution < 1.29 is 14.3 Å². The second kappa shape index (κ2) is 13.4. The Bertz CT molecular complexity index is 1120. The first kappa shape index (κ1) is 28.3. The van der Waals surface area contributed by atoms with E-state index in [4.69, 9.17) is 28.6 Å². The van der Waals surface area contributed by atoms with E-state index in [2.05, 4.69) is 24.1 Å². The lowest BCUT2D eigenvalue weighted by atomic mass is 9.99. The van der Waals surface area contributed by atoms with Crippen LogP contribution in [0.2, 0.25) is 5.02 Å². The number of anilines is 2. The number of nitrogens with one attached hydrogen (secondary N) is 1. The summed E-state index contributed by atoms with van der Waals surface area (Å²) in [4.78, 5) is 32.6. The van der Waals surface area contributed by atoms with E-state index in [1.54, 1.807) is 30.3 Å². The minimum atomic E-state index is -0.671. The van der Waals surface area contributed by atoms with E-state index < -0.39 is 6.04 Å². The van der Waals surface area contributed by atoms with Crippen LogP contribution in [0.1, 0.15) is 46.0 Å². The molecule has 1 atom stereocenters. The van der Waals surface area contributed by atoms with Crippen LogP contribution in [0, 0.1) is 5.92 Å². The van der Waals surface area contributed by atoms with E-state index >= 15 is 0 Å². The Morgan fingerprint density at radius 2 is 1.87 bits per heavy atom. The molecule has 2 saturated heterocycles. The minimum Gasteiger partial charge on any atom is -0.494 e. The summed E-state index contributed by atoms with van der Waals surface area (Å²) < 4.78 is 5.61. The fraction of sp³-hybridized carbons (Fsp3) is 0.483. The molecule has 1 unspecified atom stereocenters. The van der Waals surface area contributed by atoms with Crippen molar-refractivity contribution in [3.8, 4) is 5.75 Å². The van der Waals surface area contributed by atoms with Crippen molar-refractivity contribution in [1.82, 2.24) is 9.80 Å². The summed E-state index contributed by atoms with van der Waals surface area (Å²) >= 11 is 12.0. The average molecular weight is 557 g/mol. The first-order valence-corrected chi connectivity index (χ1v) is 14.3. The SMILES string of the molecule is CCCOc1ccc(NC(=O)CC2C(=O)N(c3cccc(Cl)c3)C(=S)N2CCCN2CCC(C)CC2)cc1. The number of hydrogen-bond donors (Lipinski definition) is 1. The van der Waals surface area contributed by atoms with E-state index in [0.717, 1.165) is 44.1 Å². The molecular formula is C29H37ClN4O3S. The predicted molar refractivity (Wildman–Crippen MR) is 157 cm³/mol. The van der Waals surface area contributed by atoms with Crippen LogP contribution in [0.25, 0.3) is 0 Å². The molecule has 0 radical (unpaired) electrons. The Morgan fingerprint density at radius 3 is 2.55 bits per heavy atom. The van der Waals surface area contributed by atoms with Crippen LogP contribution in [-0.2, 0) is 9.59 Å². The van der Waals surface area contributed by atoms with Gasteiger partial charge in [0.1, 0.15) is 11.8 Å². The first-order valence-electron chi connectivity index (χ1n) is 13.5. The van der Waals surface area contributed by atoms with Gasteiger partial charge < -0.3 is 19.9 Å². The van der Waals surface area contributed by atoms with Crippen LogP contribution in [0.5, 0.6) is 5.75 Å². The molecule has 0 saturated carbocycles. The summed E-state index contributed by atoms with van der Waals surface area (Å²) in [7, 11) is 0. The zero-order valence-electron chi connectivity index (χ0n) is 22.2. The first-order chi connectivity index (χ1) is 18.4. The second-order valence-electron chi connectivity index (χ2n) is 10.1. The van der Waals surface area contributed by atoms with Gasteiger partial charge in [-0.3, -0.25) is 14.5 Å². The Balaban J connectivity index is 1.43. The van der Waals surface area contributed by atoms with Gasteiger partial charge in [-0.2, -0.15) is 0 Å². The molecule has 0 spiro atoms. The molecule has 0 aromatic heterocycles. The van der Waals surface area contributed by atoms with Gasteiger partial charge in [-0.15, -0.1) is 0 Å². The molecule has 9 heteroatoms. The van der Waals surface area contributed by atoms with Crippen molar-refractivity contribution in [3.63, 3.8) is 0 Å². The van der Waals surface area contributed by atoms with Gasteiger partial charge in [0.15, 0.2) is 5.11 Å². The summed E-state index contributed by atoms with van der Waals surface area (Å²) in [5.74, 6) is 1.09. The van der Waals surface area contributed by atoms with Gasteiger partial charge in [0, 0.05) is 17.3 Å². The minimum absolute atomic E-state index is 0.00531. The third-order valence-corrected chi connectivity index (χ3v) is 7.78. The van der Waals surface area contributed by atoms with Gasteiger partial charge in [0.25, 0.3) is 5.91 Å². The maximum atomic E-state index is 13.6. The Hall–Kier alpha value is -2.68. The number of nitrogens with zero attached hydrogens (tertiary/aromatic N) is 3. The molecule has 2 aliphatic heterocycles. The average Bonchev–Trinajstić information content (AvgIpc) is 3.13. The standard InChI is InChI=1S/C29H37ClN4O3S/c1-3-18-37-25-10-8-23(9-11-25)31-27(35)20-26-28(36)34(24-7-4-6-22(30)19-24)29(38)33(26)15-5-14-32-16-12-21(2)13-17-32/h4,6-11,19,21,26H,3,5,12-18,20H2,1-2H3,(H,31,35). The zero-order valence-corrected chi connectivity index (χ0v) is 23.8. The highest BCUT2D eigenvalue weighted by Crippen LogP contribution is 2.29. The number of likely N-dealkylation sites (tertiary alicyclic amines) is 1. The van der Waals surface area contributed by atoms with Gasteiger partial charge in [-0.25, -0.2) is 0 Å². The Kier molecular flexibility index (Phi) is 9.99. The van der Waals surface area contributed by atoms with E-state index in [-0.39, 0.29) is 18.2 Å². The van der Waals surface area contributed by atoms with Gasteiger partial charge in [-0.1, -0.05) is 31.5 Å². The Morgan fingerprint density at radius 1 is 1.13 bits per heavy atom. The number of benzene rings is 2. The number of piperidine rings is 1. The lowest BCUT2D eigenvalue weighted by Crippen LogP contribution is -2.40.